The molecule has 2 nitrogen and oxygen atoms in total. The molecular weight excluding hydrogens is 155 g/mol. The SMILES string of the molecule is Fc1ccccc1-n1cccn1. The molecule has 12 heavy (non-hydrogen) atoms. The molecule has 0 amide bonds. The van der Waals surface area contributed by atoms with E-state index >= 15 is 0 Å². The van der Waals surface area contributed by atoms with Crippen LogP contribution in [-0.4, -0.2) is 9.78 Å². The van der Waals surface area contributed by atoms with Crippen LogP contribution in [0.2, 0.25) is 0 Å². The van der Waals surface area contributed by atoms with E-state index in [1.54, 1.807) is 36.7 Å². The fraction of sp³-hybridized carbons (Fsp3) is 0. The molecule has 0 spiro atoms. The predicted octanol–water partition coefficient (Wildman–Crippen LogP) is 2.01. The van der Waals surface area contributed by atoms with Crippen LogP contribution < -0.4 is 0 Å². The molecule has 0 bridgehead atoms. The summed E-state index contributed by atoms with van der Waals surface area (Å²) in [4.78, 5) is 0. The molecular formula is C9H7FN2. The summed E-state index contributed by atoms with van der Waals surface area (Å²) < 4.78 is 14.6. The Hall–Kier alpha value is -1.64. The van der Waals surface area contributed by atoms with Gasteiger partial charge in [0.1, 0.15) is 11.5 Å². The van der Waals surface area contributed by atoms with Gasteiger partial charge in [0.05, 0.1) is 0 Å². The van der Waals surface area contributed by atoms with E-state index in [1.165, 1.54) is 10.7 Å². The molecule has 0 unspecified atom stereocenters. The summed E-state index contributed by atoms with van der Waals surface area (Å²) in [5, 5.41) is 3.92. The van der Waals surface area contributed by atoms with Crippen LogP contribution in [0.1, 0.15) is 0 Å². The van der Waals surface area contributed by atoms with Gasteiger partial charge in [-0.25, -0.2) is 9.07 Å². The topological polar surface area (TPSA) is 17.8 Å². The Balaban J connectivity index is 2.55. The summed E-state index contributed by atoms with van der Waals surface area (Å²) >= 11 is 0. The minimum Gasteiger partial charge on any atom is -0.238 e. The van der Waals surface area contributed by atoms with Crippen LogP contribution in [0.3, 0.4) is 0 Å². The van der Waals surface area contributed by atoms with Crippen LogP contribution in [0.15, 0.2) is 42.7 Å². The Kier molecular flexibility index (Phi) is 1.63. The van der Waals surface area contributed by atoms with Gasteiger partial charge in [-0.3, -0.25) is 0 Å². The zero-order valence-electron chi connectivity index (χ0n) is 6.31. The van der Waals surface area contributed by atoms with Crippen LogP contribution in [0.4, 0.5) is 4.39 Å². The van der Waals surface area contributed by atoms with Crippen molar-refractivity contribution < 1.29 is 4.39 Å². The highest BCUT2D eigenvalue weighted by molar-refractivity contribution is 5.31. The molecule has 0 aliphatic carbocycles. The van der Waals surface area contributed by atoms with Crippen molar-refractivity contribution >= 4 is 0 Å². The van der Waals surface area contributed by atoms with Crippen molar-refractivity contribution in [2.24, 2.45) is 0 Å². The van der Waals surface area contributed by atoms with Crippen LogP contribution >= 0.6 is 0 Å². The Morgan fingerprint density at radius 2 is 2.00 bits per heavy atom. The third-order valence-corrected chi connectivity index (χ3v) is 1.60. The van der Waals surface area contributed by atoms with Crippen LogP contribution in [0.5, 0.6) is 0 Å². The van der Waals surface area contributed by atoms with Crippen molar-refractivity contribution in [1.29, 1.82) is 0 Å². The molecule has 0 aliphatic heterocycles. The number of halogens is 1. The van der Waals surface area contributed by atoms with Gasteiger partial charge in [0.25, 0.3) is 0 Å². The largest absolute Gasteiger partial charge is 0.238 e. The van der Waals surface area contributed by atoms with Crippen molar-refractivity contribution in [3.05, 3.63) is 48.5 Å². The number of para-hydroxylation sites is 1. The average molecular weight is 162 g/mol. The van der Waals surface area contributed by atoms with Crippen molar-refractivity contribution in [2.45, 2.75) is 0 Å². The van der Waals surface area contributed by atoms with Crippen LogP contribution in [0.25, 0.3) is 5.69 Å². The van der Waals surface area contributed by atoms with Gasteiger partial charge in [-0.1, -0.05) is 12.1 Å². The maximum absolute atomic E-state index is 13.1. The summed E-state index contributed by atoms with van der Waals surface area (Å²) in [6.45, 7) is 0. The van der Waals surface area contributed by atoms with E-state index in [1.807, 2.05) is 0 Å². The van der Waals surface area contributed by atoms with E-state index in [2.05, 4.69) is 5.10 Å². The monoisotopic (exact) mass is 162 g/mol. The van der Waals surface area contributed by atoms with Crippen molar-refractivity contribution in [3.8, 4) is 5.69 Å². The van der Waals surface area contributed by atoms with Gasteiger partial charge in [0.15, 0.2) is 0 Å². The molecule has 0 fully saturated rings. The molecule has 2 rings (SSSR count). The summed E-state index contributed by atoms with van der Waals surface area (Å²) in [6, 6.07) is 8.29. The summed E-state index contributed by atoms with van der Waals surface area (Å²) in [6.07, 6.45) is 3.32. The second kappa shape index (κ2) is 2.77. The molecule has 0 radical (unpaired) electrons. The number of hydrogen-bond acceptors (Lipinski definition) is 1. The number of aromatic nitrogens is 2. The standard InChI is InChI=1S/C9H7FN2/c10-8-4-1-2-5-9(8)12-7-3-6-11-12/h1-7H. The van der Waals surface area contributed by atoms with Crippen molar-refractivity contribution in [2.75, 3.05) is 0 Å². The first-order valence-electron chi connectivity index (χ1n) is 3.62. The van der Waals surface area contributed by atoms with Gasteiger partial charge < -0.3 is 0 Å². The van der Waals surface area contributed by atoms with Gasteiger partial charge in [0, 0.05) is 12.4 Å². The molecule has 0 saturated carbocycles. The van der Waals surface area contributed by atoms with Crippen molar-refractivity contribution in [1.82, 2.24) is 9.78 Å². The summed E-state index contributed by atoms with van der Waals surface area (Å²) in [5.74, 6) is -0.263. The van der Waals surface area contributed by atoms with Gasteiger partial charge >= 0.3 is 0 Å². The lowest BCUT2D eigenvalue weighted by Gasteiger charge is -2.00. The summed E-state index contributed by atoms with van der Waals surface area (Å²) in [7, 11) is 0. The number of hydrogen-bond donors (Lipinski definition) is 0. The summed E-state index contributed by atoms with van der Waals surface area (Å²) in [5.41, 5.74) is 0.475. The molecule has 0 N–H and O–H groups in total. The van der Waals surface area contributed by atoms with E-state index < -0.39 is 0 Å². The minimum absolute atomic E-state index is 0.263. The lowest BCUT2D eigenvalue weighted by atomic mass is 10.3. The first-order chi connectivity index (χ1) is 5.88. The number of rotatable bonds is 1. The molecule has 3 heteroatoms. The third kappa shape index (κ3) is 1.09. The molecule has 1 aromatic carbocycles. The molecule has 1 heterocycles. The first-order valence-corrected chi connectivity index (χ1v) is 3.62. The van der Waals surface area contributed by atoms with Crippen LogP contribution in [-0.2, 0) is 0 Å². The molecule has 0 saturated heterocycles. The van der Waals surface area contributed by atoms with Gasteiger partial charge in [-0.2, -0.15) is 5.10 Å². The van der Waals surface area contributed by atoms with E-state index in [4.69, 9.17) is 0 Å². The fourth-order valence-electron chi connectivity index (χ4n) is 1.05. The highest BCUT2D eigenvalue weighted by atomic mass is 19.1. The van der Waals surface area contributed by atoms with Gasteiger partial charge in [-0.05, 0) is 18.2 Å². The van der Waals surface area contributed by atoms with E-state index in [-0.39, 0.29) is 5.82 Å². The Morgan fingerprint density at radius 3 is 2.67 bits per heavy atom. The average Bonchev–Trinajstić information content (AvgIpc) is 2.57. The number of benzene rings is 1. The second-order valence-corrected chi connectivity index (χ2v) is 2.40. The normalized spacial score (nSPS) is 10.1. The molecule has 1 aromatic heterocycles. The Labute approximate surface area is 69.3 Å². The second-order valence-electron chi connectivity index (χ2n) is 2.40. The molecule has 0 aliphatic rings. The van der Waals surface area contributed by atoms with E-state index in [0.29, 0.717) is 5.69 Å². The number of nitrogens with zero attached hydrogens (tertiary/aromatic N) is 2. The van der Waals surface area contributed by atoms with Gasteiger partial charge in [-0.15, -0.1) is 0 Å². The maximum atomic E-state index is 13.1. The quantitative estimate of drug-likeness (QED) is 0.627. The van der Waals surface area contributed by atoms with E-state index in [0.717, 1.165) is 0 Å². The third-order valence-electron chi connectivity index (χ3n) is 1.60. The molecule has 2 aromatic rings. The molecule has 60 valence electrons. The van der Waals surface area contributed by atoms with Crippen LogP contribution in [0, 0.1) is 5.82 Å². The zero-order valence-corrected chi connectivity index (χ0v) is 6.31. The Bertz CT molecular complexity index is 368. The highest BCUT2D eigenvalue weighted by Gasteiger charge is 2.00. The Morgan fingerprint density at radius 1 is 1.17 bits per heavy atom. The smallest absolute Gasteiger partial charge is 0.148 e. The minimum atomic E-state index is -0.263. The predicted molar refractivity (Wildman–Crippen MR) is 43.5 cm³/mol. The van der Waals surface area contributed by atoms with E-state index in [9.17, 15) is 4.39 Å². The first kappa shape index (κ1) is 7.03. The van der Waals surface area contributed by atoms with Gasteiger partial charge in [0.2, 0.25) is 0 Å². The maximum Gasteiger partial charge on any atom is 0.148 e. The lowest BCUT2D eigenvalue weighted by Crippen LogP contribution is -1.96. The highest BCUT2D eigenvalue weighted by Crippen LogP contribution is 2.10. The fourth-order valence-corrected chi connectivity index (χ4v) is 1.05. The zero-order chi connectivity index (χ0) is 8.39. The lowest BCUT2D eigenvalue weighted by molar-refractivity contribution is 0.611. The van der Waals surface area contributed by atoms with Crippen molar-refractivity contribution in [3.63, 3.8) is 0 Å². The molecule has 0 atom stereocenters.